The molecule has 0 spiro atoms. The highest BCUT2D eigenvalue weighted by Crippen LogP contribution is 2.22. The molecule has 1 N–H and O–H groups in total. The van der Waals surface area contributed by atoms with Crippen molar-refractivity contribution in [2.45, 2.75) is 0 Å². The number of amides is 1. The van der Waals surface area contributed by atoms with Crippen LogP contribution in [-0.4, -0.2) is 42.0 Å². The molecule has 1 amide bonds. The Morgan fingerprint density at radius 2 is 1.92 bits per heavy atom. The Morgan fingerprint density at radius 1 is 1.38 bits per heavy atom. The normalized spacial score (nSPS) is 18.4. The first kappa shape index (κ1) is 9.44. The van der Waals surface area contributed by atoms with Gasteiger partial charge in [-0.1, -0.05) is 6.58 Å². The van der Waals surface area contributed by atoms with E-state index in [9.17, 15) is 9.90 Å². The molecular formula is C8H12N2O3. The summed E-state index contributed by atoms with van der Waals surface area (Å²) < 4.78 is 4.76. The Hall–Kier alpha value is -1.65. The number of carbonyl (C=O) groups is 1. The zero-order valence-electron chi connectivity index (χ0n) is 7.87. The average molecular weight is 184 g/mol. The van der Waals surface area contributed by atoms with Crippen LogP contribution >= 0.6 is 0 Å². The van der Waals surface area contributed by atoms with E-state index < -0.39 is 5.91 Å². The van der Waals surface area contributed by atoms with Crippen molar-refractivity contribution < 1.29 is 14.6 Å². The molecule has 0 saturated heterocycles. The third-order valence-corrected chi connectivity index (χ3v) is 2.00. The van der Waals surface area contributed by atoms with Gasteiger partial charge in [0, 0.05) is 14.1 Å². The molecule has 0 aromatic heterocycles. The fraction of sp³-hybridized carbons (Fsp3) is 0.375. The Balaban J connectivity index is 3.18. The van der Waals surface area contributed by atoms with Gasteiger partial charge in [0.15, 0.2) is 0 Å². The molecule has 1 aliphatic heterocycles. The molecule has 13 heavy (non-hydrogen) atoms. The topological polar surface area (TPSA) is 53.0 Å². The first-order valence-electron chi connectivity index (χ1n) is 3.68. The molecule has 1 rings (SSSR count). The summed E-state index contributed by atoms with van der Waals surface area (Å²) in [5, 5.41) is 9.47. The maximum absolute atomic E-state index is 11.4. The van der Waals surface area contributed by atoms with Gasteiger partial charge in [-0.2, -0.15) is 0 Å². The second kappa shape index (κ2) is 3.01. The third-order valence-electron chi connectivity index (χ3n) is 2.00. The van der Waals surface area contributed by atoms with E-state index in [0.29, 0.717) is 5.82 Å². The molecule has 0 atom stereocenters. The van der Waals surface area contributed by atoms with Gasteiger partial charge in [0.05, 0.1) is 7.11 Å². The summed E-state index contributed by atoms with van der Waals surface area (Å²) in [7, 11) is 4.49. The van der Waals surface area contributed by atoms with Crippen molar-refractivity contribution in [1.29, 1.82) is 0 Å². The van der Waals surface area contributed by atoms with Gasteiger partial charge in [0.2, 0.25) is 11.6 Å². The molecule has 1 heterocycles. The third kappa shape index (κ3) is 1.22. The quantitative estimate of drug-likeness (QED) is 0.634. The van der Waals surface area contributed by atoms with Crippen molar-refractivity contribution in [2.75, 3.05) is 21.2 Å². The van der Waals surface area contributed by atoms with Crippen molar-refractivity contribution in [3.05, 3.63) is 24.0 Å². The highest BCUT2D eigenvalue weighted by atomic mass is 16.5. The van der Waals surface area contributed by atoms with E-state index in [0.717, 1.165) is 0 Å². The molecule has 0 aromatic carbocycles. The molecule has 0 aliphatic carbocycles. The average Bonchev–Trinajstić information content (AvgIpc) is 2.13. The van der Waals surface area contributed by atoms with E-state index in [1.54, 1.807) is 14.1 Å². The Morgan fingerprint density at radius 3 is 2.38 bits per heavy atom. The minimum atomic E-state index is -0.400. The van der Waals surface area contributed by atoms with Gasteiger partial charge in [-0.05, 0) is 0 Å². The Kier molecular flexibility index (Phi) is 2.18. The van der Waals surface area contributed by atoms with Crippen molar-refractivity contribution in [3.8, 4) is 0 Å². The lowest BCUT2D eigenvalue weighted by Gasteiger charge is -2.33. The molecule has 72 valence electrons. The van der Waals surface area contributed by atoms with E-state index in [2.05, 4.69) is 6.58 Å². The lowest BCUT2D eigenvalue weighted by atomic mass is 10.3. The van der Waals surface area contributed by atoms with Gasteiger partial charge in [-0.3, -0.25) is 14.6 Å². The second-order valence-electron chi connectivity index (χ2n) is 2.70. The van der Waals surface area contributed by atoms with E-state index in [1.165, 1.54) is 16.9 Å². The van der Waals surface area contributed by atoms with Crippen LogP contribution in [0.15, 0.2) is 24.0 Å². The molecule has 5 heteroatoms. The molecular weight excluding hydrogens is 172 g/mol. The number of aliphatic hydroxyl groups excluding tert-OH is 1. The van der Waals surface area contributed by atoms with Crippen LogP contribution in [0, 0.1) is 0 Å². The number of methoxy groups -OCH3 is 1. The standard InChI is InChI=1S/C8H12N2O3/c1-5-9(2)7(11)6(13-4)8(12)10(5)3/h11H,1H2,2-4H3. The number of aliphatic hydroxyl groups is 1. The molecule has 0 bridgehead atoms. The van der Waals surface area contributed by atoms with Crippen LogP contribution in [0.2, 0.25) is 0 Å². The number of rotatable bonds is 1. The van der Waals surface area contributed by atoms with Gasteiger partial charge in [-0.25, -0.2) is 0 Å². The lowest BCUT2D eigenvalue weighted by molar-refractivity contribution is -0.130. The summed E-state index contributed by atoms with van der Waals surface area (Å²) in [6.07, 6.45) is 0. The van der Waals surface area contributed by atoms with Crippen LogP contribution in [0.3, 0.4) is 0 Å². The molecule has 0 saturated carbocycles. The highest BCUT2D eigenvalue weighted by Gasteiger charge is 2.31. The monoisotopic (exact) mass is 184 g/mol. The van der Waals surface area contributed by atoms with Crippen LogP contribution in [0.4, 0.5) is 0 Å². The summed E-state index contributed by atoms with van der Waals surface area (Å²) in [5.74, 6) is -0.278. The summed E-state index contributed by atoms with van der Waals surface area (Å²) in [5.41, 5.74) is 0. The van der Waals surface area contributed by atoms with Crippen LogP contribution in [0.1, 0.15) is 0 Å². The lowest BCUT2D eigenvalue weighted by Crippen LogP contribution is -2.41. The summed E-state index contributed by atoms with van der Waals surface area (Å²) >= 11 is 0. The van der Waals surface area contributed by atoms with E-state index in [4.69, 9.17) is 4.74 Å². The maximum atomic E-state index is 11.4. The minimum absolute atomic E-state index is 0.0719. The molecule has 0 radical (unpaired) electrons. The van der Waals surface area contributed by atoms with E-state index in [1.807, 2.05) is 0 Å². The van der Waals surface area contributed by atoms with Gasteiger partial charge >= 0.3 is 0 Å². The van der Waals surface area contributed by atoms with Gasteiger partial charge in [0.25, 0.3) is 5.91 Å². The van der Waals surface area contributed by atoms with Crippen LogP contribution in [0.5, 0.6) is 0 Å². The second-order valence-corrected chi connectivity index (χ2v) is 2.70. The molecule has 5 nitrogen and oxygen atoms in total. The number of carbonyl (C=O) groups excluding carboxylic acids is 1. The summed E-state index contributed by atoms with van der Waals surface area (Å²) in [6, 6.07) is 0. The van der Waals surface area contributed by atoms with Crippen LogP contribution in [-0.2, 0) is 9.53 Å². The van der Waals surface area contributed by atoms with Crippen molar-refractivity contribution in [2.24, 2.45) is 0 Å². The zero-order valence-corrected chi connectivity index (χ0v) is 7.87. The molecule has 0 unspecified atom stereocenters. The number of ether oxygens (including phenoxy) is 1. The van der Waals surface area contributed by atoms with E-state index >= 15 is 0 Å². The van der Waals surface area contributed by atoms with E-state index in [-0.39, 0.29) is 11.6 Å². The summed E-state index contributed by atoms with van der Waals surface area (Å²) in [4.78, 5) is 14.1. The highest BCUT2D eigenvalue weighted by molar-refractivity contribution is 5.93. The molecule has 0 fully saturated rings. The predicted molar refractivity (Wildman–Crippen MR) is 46.3 cm³/mol. The largest absolute Gasteiger partial charge is 0.492 e. The number of likely N-dealkylation sites (N-methyl/N-ethyl adjacent to an activating group) is 1. The van der Waals surface area contributed by atoms with Crippen molar-refractivity contribution >= 4 is 5.91 Å². The van der Waals surface area contributed by atoms with Gasteiger partial charge in [-0.15, -0.1) is 0 Å². The number of hydrogen-bond donors (Lipinski definition) is 1. The zero-order chi connectivity index (χ0) is 10.2. The van der Waals surface area contributed by atoms with Crippen molar-refractivity contribution in [1.82, 2.24) is 9.80 Å². The maximum Gasteiger partial charge on any atom is 0.299 e. The first-order valence-corrected chi connectivity index (χ1v) is 3.68. The fourth-order valence-electron chi connectivity index (χ4n) is 1.04. The molecule has 1 aliphatic rings. The first-order chi connectivity index (χ1) is 6.00. The SMILES string of the molecule is C=C1N(C)C(=O)C(OC)=C(O)N1C. The van der Waals surface area contributed by atoms with Gasteiger partial charge < -0.3 is 9.84 Å². The van der Waals surface area contributed by atoms with Crippen LogP contribution < -0.4 is 0 Å². The molecule has 0 aromatic rings. The fourth-order valence-corrected chi connectivity index (χ4v) is 1.04. The minimum Gasteiger partial charge on any atom is -0.492 e. The number of nitrogens with zero attached hydrogens (tertiary/aromatic N) is 2. The van der Waals surface area contributed by atoms with Crippen LogP contribution in [0.25, 0.3) is 0 Å². The number of hydrogen-bond acceptors (Lipinski definition) is 4. The Labute approximate surface area is 76.5 Å². The summed E-state index contributed by atoms with van der Waals surface area (Å²) in [6.45, 7) is 3.63. The Bertz CT molecular complexity index is 296. The van der Waals surface area contributed by atoms with Gasteiger partial charge in [0.1, 0.15) is 5.82 Å². The van der Waals surface area contributed by atoms with Crippen molar-refractivity contribution in [3.63, 3.8) is 0 Å². The predicted octanol–water partition coefficient (Wildman–Crippen LogP) is 0.235. The smallest absolute Gasteiger partial charge is 0.299 e.